The lowest BCUT2D eigenvalue weighted by atomic mass is 9.85. The second-order valence-electron chi connectivity index (χ2n) is 7.08. The Morgan fingerprint density at radius 2 is 2.00 bits per heavy atom. The van der Waals surface area contributed by atoms with Gasteiger partial charge in [0.25, 0.3) is 0 Å². The molecule has 128 valence electrons. The first-order valence-corrected chi connectivity index (χ1v) is 8.94. The van der Waals surface area contributed by atoms with Crippen LogP contribution >= 0.6 is 0 Å². The maximum Gasteiger partial charge on any atom is 0.0929 e. The van der Waals surface area contributed by atoms with Crippen LogP contribution in [0.3, 0.4) is 0 Å². The largest absolute Gasteiger partial charge is 0.324 e. The van der Waals surface area contributed by atoms with E-state index in [1.54, 1.807) is 6.20 Å². The highest BCUT2D eigenvalue weighted by Crippen LogP contribution is 2.35. The lowest BCUT2D eigenvalue weighted by molar-refractivity contribution is 0.295. The molecule has 4 heteroatoms. The first kappa shape index (κ1) is 15.3. The van der Waals surface area contributed by atoms with Crippen LogP contribution in [0.1, 0.15) is 22.6 Å². The van der Waals surface area contributed by atoms with Crippen molar-refractivity contribution in [3.05, 3.63) is 89.9 Å². The van der Waals surface area contributed by atoms with Crippen molar-refractivity contribution < 1.29 is 0 Å². The summed E-state index contributed by atoms with van der Waals surface area (Å²) in [7, 11) is 2.20. The molecule has 1 unspecified atom stereocenters. The number of aromatic nitrogens is 3. The zero-order valence-electron chi connectivity index (χ0n) is 14.7. The summed E-state index contributed by atoms with van der Waals surface area (Å²) in [6, 6.07) is 19.3. The molecule has 5 rings (SSSR count). The van der Waals surface area contributed by atoms with Crippen molar-refractivity contribution in [1.82, 2.24) is 19.5 Å². The summed E-state index contributed by atoms with van der Waals surface area (Å²) < 4.78 is 2.21. The van der Waals surface area contributed by atoms with Gasteiger partial charge in [-0.15, -0.1) is 0 Å². The van der Waals surface area contributed by atoms with E-state index in [0.29, 0.717) is 5.92 Å². The Bertz CT molecular complexity index is 1030. The third-order valence-corrected chi connectivity index (χ3v) is 5.25. The minimum Gasteiger partial charge on any atom is -0.324 e. The Morgan fingerprint density at radius 1 is 1.04 bits per heavy atom. The average molecular weight is 340 g/mol. The lowest BCUT2D eigenvalue weighted by Crippen LogP contribution is -2.30. The van der Waals surface area contributed by atoms with Gasteiger partial charge >= 0.3 is 0 Å². The van der Waals surface area contributed by atoms with Gasteiger partial charge in [0.1, 0.15) is 0 Å². The van der Waals surface area contributed by atoms with Crippen LogP contribution in [-0.4, -0.2) is 33.1 Å². The summed E-state index contributed by atoms with van der Waals surface area (Å²) in [5, 5.41) is 8.27. The van der Waals surface area contributed by atoms with Crippen LogP contribution in [0.25, 0.3) is 16.8 Å². The Labute approximate surface area is 152 Å². The number of nitrogens with zero attached hydrogens (tertiary/aromatic N) is 4. The van der Waals surface area contributed by atoms with Crippen molar-refractivity contribution in [3.63, 3.8) is 0 Å². The minimum atomic E-state index is 0.388. The quantitative estimate of drug-likeness (QED) is 0.553. The van der Waals surface area contributed by atoms with E-state index in [1.165, 1.54) is 22.2 Å². The van der Waals surface area contributed by atoms with E-state index < -0.39 is 0 Å². The number of rotatable bonds is 2. The summed E-state index contributed by atoms with van der Waals surface area (Å²) in [6.45, 7) is 2.00. The van der Waals surface area contributed by atoms with Crippen molar-refractivity contribution in [2.24, 2.45) is 0 Å². The maximum absolute atomic E-state index is 4.26. The summed E-state index contributed by atoms with van der Waals surface area (Å²) in [5.41, 5.74) is 7.47. The highest BCUT2D eigenvalue weighted by atomic mass is 15.1. The van der Waals surface area contributed by atoms with Crippen molar-refractivity contribution >= 4 is 5.52 Å². The lowest BCUT2D eigenvalue weighted by Gasteiger charge is -2.32. The smallest absolute Gasteiger partial charge is 0.0929 e. The number of likely N-dealkylation sites (N-methyl/N-ethyl adjacent to an activating group) is 1. The fourth-order valence-corrected chi connectivity index (χ4v) is 4.02. The van der Waals surface area contributed by atoms with Crippen LogP contribution in [0.5, 0.6) is 0 Å². The van der Waals surface area contributed by atoms with E-state index in [0.717, 1.165) is 24.3 Å². The van der Waals surface area contributed by atoms with E-state index in [9.17, 15) is 0 Å². The molecule has 0 bridgehead atoms. The van der Waals surface area contributed by atoms with E-state index in [-0.39, 0.29) is 0 Å². The van der Waals surface area contributed by atoms with Crippen LogP contribution in [0.15, 0.2) is 73.2 Å². The molecule has 0 aliphatic carbocycles. The number of fused-ring (bicyclic) bond motifs is 2. The SMILES string of the molecule is CN1Cc2cc(-c3cccnn3)ccc2C(c2cc3ccccn3c2)C1. The van der Waals surface area contributed by atoms with Gasteiger partial charge in [-0.1, -0.05) is 18.2 Å². The molecule has 4 aromatic rings. The Balaban J connectivity index is 1.59. The monoisotopic (exact) mass is 340 g/mol. The average Bonchev–Trinajstić information content (AvgIpc) is 3.11. The summed E-state index contributed by atoms with van der Waals surface area (Å²) in [5.74, 6) is 0.388. The second kappa shape index (κ2) is 6.07. The van der Waals surface area contributed by atoms with Gasteiger partial charge in [-0.25, -0.2) is 0 Å². The molecule has 4 nitrogen and oxygen atoms in total. The highest BCUT2D eigenvalue weighted by molar-refractivity contribution is 5.62. The first-order valence-electron chi connectivity index (χ1n) is 8.94. The molecule has 1 aromatic carbocycles. The topological polar surface area (TPSA) is 33.4 Å². The van der Waals surface area contributed by atoms with Gasteiger partial charge in [0, 0.05) is 48.7 Å². The maximum atomic E-state index is 4.26. The van der Waals surface area contributed by atoms with Crippen LogP contribution < -0.4 is 0 Å². The Kier molecular flexibility index (Phi) is 3.57. The Hall–Kier alpha value is -2.98. The predicted molar refractivity (Wildman–Crippen MR) is 103 cm³/mol. The van der Waals surface area contributed by atoms with Gasteiger partial charge in [0.05, 0.1) is 5.69 Å². The third-order valence-electron chi connectivity index (χ3n) is 5.25. The van der Waals surface area contributed by atoms with Crippen LogP contribution in [-0.2, 0) is 6.54 Å². The number of pyridine rings is 1. The molecule has 1 atom stereocenters. The van der Waals surface area contributed by atoms with Crippen molar-refractivity contribution in [1.29, 1.82) is 0 Å². The van der Waals surface area contributed by atoms with Gasteiger partial charge in [0.2, 0.25) is 0 Å². The van der Waals surface area contributed by atoms with E-state index in [2.05, 4.69) is 81.4 Å². The summed E-state index contributed by atoms with van der Waals surface area (Å²) >= 11 is 0. The fourth-order valence-electron chi connectivity index (χ4n) is 4.02. The van der Waals surface area contributed by atoms with Gasteiger partial charge in [-0.05, 0) is 60.1 Å². The molecule has 0 fully saturated rings. The molecule has 0 spiro atoms. The van der Waals surface area contributed by atoms with Crippen molar-refractivity contribution in [2.75, 3.05) is 13.6 Å². The molecular weight excluding hydrogens is 320 g/mol. The second-order valence-corrected chi connectivity index (χ2v) is 7.08. The molecule has 0 radical (unpaired) electrons. The molecule has 0 amide bonds. The zero-order valence-corrected chi connectivity index (χ0v) is 14.7. The summed E-state index contributed by atoms with van der Waals surface area (Å²) in [4.78, 5) is 2.40. The van der Waals surface area contributed by atoms with Crippen molar-refractivity contribution in [2.45, 2.75) is 12.5 Å². The van der Waals surface area contributed by atoms with Gasteiger partial charge < -0.3 is 9.30 Å². The number of benzene rings is 1. The van der Waals surface area contributed by atoms with Crippen molar-refractivity contribution in [3.8, 4) is 11.3 Å². The van der Waals surface area contributed by atoms with E-state index in [4.69, 9.17) is 0 Å². The number of hydrogen-bond donors (Lipinski definition) is 0. The van der Waals surface area contributed by atoms with Gasteiger partial charge in [-0.2, -0.15) is 10.2 Å². The molecule has 0 saturated carbocycles. The predicted octanol–water partition coefficient (Wildman–Crippen LogP) is 3.97. The van der Waals surface area contributed by atoms with Crippen LogP contribution in [0.4, 0.5) is 0 Å². The Morgan fingerprint density at radius 3 is 2.85 bits per heavy atom. The van der Waals surface area contributed by atoms with E-state index in [1.807, 2.05) is 12.1 Å². The third kappa shape index (κ3) is 2.59. The summed E-state index contributed by atoms with van der Waals surface area (Å²) in [6.07, 6.45) is 6.09. The van der Waals surface area contributed by atoms with Gasteiger partial charge in [-0.3, -0.25) is 0 Å². The van der Waals surface area contributed by atoms with Gasteiger partial charge in [0.15, 0.2) is 0 Å². The zero-order chi connectivity index (χ0) is 17.5. The van der Waals surface area contributed by atoms with E-state index >= 15 is 0 Å². The molecule has 0 N–H and O–H groups in total. The van der Waals surface area contributed by atoms with Crippen LogP contribution in [0.2, 0.25) is 0 Å². The minimum absolute atomic E-state index is 0.388. The normalized spacial score (nSPS) is 17.3. The number of hydrogen-bond acceptors (Lipinski definition) is 3. The molecule has 4 heterocycles. The molecule has 1 aliphatic heterocycles. The molecular formula is C22H20N4. The highest BCUT2D eigenvalue weighted by Gasteiger charge is 2.26. The van der Waals surface area contributed by atoms with Crippen LogP contribution in [0, 0.1) is 0 Å². The standard InChI is InChI=1S/C22H20N4/c1-25-13-17-11-16(22-6-4-9-23-24-22)7-8-20(17)21(15-25)18-12-19-5-2-3-10-26(19)14-18/h2-12,14,21H,13,15H2,1H3. The molecule has 26 heavy (non-hydrogen) atoms. The molecule has 0 saturated heterocycles. The fraction of sp³-hybridized carbons (Fsp3) is 0.182. The molecule has 3 aromatic heterocycles. The first-order chi connectivity index (χ1) is 12.8. The molecule has 1 aliphatic rings.